The third-order valence-electron chi connectivity index (χ3n) is 2.51. The first-order valence-electron chi connectivity index (χ1n) is 5.41. The van der Waals surface area contributed by atoms with Crippen LogP contribution in [-0.4, -0.2) is 36.9 Å². The molecule has 1 aliphatic carbocycles. The molecule has 0 spiro atoms. The smallest absolute Gasteiger partial charge is 0.0636 e. The van der Waals surface area contributed by atoms with Gasteiger partial charge in [0, 0.05) is 12.6 Å². The molecule has 13 heavy (non-hydrogen) atoms. The fraction of sp³-hybridized carbons (Fsp3) is 1.00. The average molecular weight is 186 g/mol. The molecule has 1 rings (SSSR count). The van der Waals surface area contributed by atoms with Crippen molar-refractivity contribution in [1.29, 1.82) is 0 Å². The standard InChI is InChI=1S/C10H22N2O/c1-9(13)8-11-6-3-7-12-10-4-2-5-10/h9-13H,2-8H2,1H3. The maximum Gasteiger partial charge on any atom is 0.0636 e. The van der Waals surface area contributed by atoms with Crippen molar-refractivity contribution in [2.45, 2.75) is 44.8 Å². The Hall–Kier alpha value is -0.120. The maximum absolute atomic E-state index is 8.97. The molecule has 1 fully saturated rings. The van der Waals surface area contributed by atoms with Crippen molar-refractivity contribution in [3.05, 3.63) is 0 Å². The van der Waals surface area contributed by atoms with Crippen LogP contribution in [0.25, 0.3) is 0 Å². The summed E-state index contributed by atoms with van der Waals surface area (Å²) in [7, 11) is 0. The Balaban J connectivity index is 1.73. The minimum atomic E-state index is -0.223. The van der Waals surface area contributed by atoms with Crippen molar-refractivity contribution in [2.75, 3.05) is 19.6 Å². The van der Waals surface area contributed by atoms with E-state index in [1.165, 1.54) is 19.3 Å². The van der Waals surface area contributed by atoms with Gasteiger partial charge in [-0.3, -0.25) is 0 Å². The van der Waals surface area contributed by atoms with Crippen LogP contribution >= 0.6 is 0 Å². The van der Waals surface area contributed by atoms with Crippen molar-refractivity contribution < 1.29 is 5.11 Å². The van der Waals surface area contributed by atoms with Gasteiger partial charge >= 0.3 is 0 Å². The minimum Gasteiger partial charge on any atom is -0.392 e. The number of hydrogen-bond acceptors (Lipinski definition) is 3. The van der Waals surface area contributed by atoms with Gasteiger partial charge in [0.15, 0.2) is 0 Å². The van der Waals surface area contributed by atoms with Crippen molar-refractivity contribution in [1.82, 2.24) is 10.6 Å². The lowest BCUT2D eigenvalue weighted by molar-refractivity contribution is 0.191. The van der Waals surface area contributed by atoms with Crippen LogP contribution < -0.4 is 10.6 Å². The lowest BCUT2D eigenvalue weighted by atomic mass is 9.93. The number of aliphatic hydroxyl groups is 1. The highest BCUT2D eigenvalue weighted by atomic mass is 16.3. The highest BCUT2D eigenvalue weighted by Gasteiger charge is 2.15. The molecule has 0 aliphatic heterocycles. The molecule has 0 heterocycles. The SMILES string of the molecule is CC(O)CNCCCNC1CCC1. The summed E-state index contributed by atoms with van der Waals surface area (Å²) in [5.41, 5.74) is 0. The van der Waals surface area contributed by atoms with Crippen LogP contribution in [0.4, 0.5) is 0 Å². The van der Waals surface area contributed by atoms with Gasteiger partial charge < -0.3 is 15.7 Å². The number of rotatable bonds is 7. The Bertz CT molecular complexity index is 124. The summed E-state index contributed by atoms with van der Waals surface area (Å²) in [4.78, 5) is 0. The lowest BCUT2D eigenvalue weighted by Gasteiger charge is -2.26. The van der Waals surface area contributed by atoms with Crippen LogP contribution in [0.1, 0.15) is 32.6 Å². The minimum absolute atomic E-state index is 0.223. The van der Waals surface area contributed by atoms with Gasteiger partial charge in [-0.05, 0) is 39.3 Å². The first kappa shape index (κ1) is 11.0. The quantitative estimate of drug-likeness (QED) is 0.507. The zero-order valence-electron chi connectivity index (χ0n) is 8.55. The zero-order chi connectivity index (χ0) is 9.52. The van der Waals surface area contributed by atoms with Gasteiger partial charge in [-0.25, -0.2) is 0 Å². The highest BCUT2D eigenvalue weighted by Crippen LogP contribution is 2.17. The molecule has 1 saturated carbocycles. The Morgan fingerprint density at radius 2 is 2.15 bits per heavy atom. The van der Waals surface area contributed by atoms with Gasteiger partial charge in [-0.15, -0.1) is 0 Å². The van der Waals surface area contributed by atoms with Crippen molar-refractivity contribution in [3.63, 3.8) is 0 Å². The molecule has 0 aromatic rings. The predicted octanol–water partition coefficient (Wildman–Crippen LogP) is 0.489. The van der Waals surface area contributed by atoms with Crippen LogP contribution in [0.5, 0.6) is 0 Å². The molecule has 0 aromatic carbocycles. The first-order valence-corrected chi connectivity index (χ1v) is 5.41. The first-order chi connectivity index (χ1) is 6.29. The second-order valence-electron chi connectivity index (χ2n) is 3.99. The van der Waals surface area contributed by atoms with Gasteiger partial charge in [0.2, 0.25) is 0 Å². The van der Waals surface area contributed by atoms with E-state index in [2.05, 4.69) is 10.6 Å². The Kier molecular flexibility index (Phi) is 5.35. The highest BCUT2D eigenvalue weighted by molar-refractivity contribution is 4.75. The summed E-state index contributed by atoms with van der Waals surface area (Å²) in [6, 6.07) is 0.803. The largest absolute Gasteiger partial charge is 0.392 e. The summed E-state index contributed by atoms with van der Waals surface area (Å²) in [6.07, 6.45) is 5.06. The Morgan fingerprint density at radius 3 is 2.69 bits per heavy atom. The monoisotopic (exact) mass is 186 g/mol. The molecule has 3 N–H and O–H groups in total. The number of hydrogen-bond donors (Lipinski definition) is 3. The molecule has 0 radical (unpaired) electrons. The van der Waals surface area contributed by atoms with Crippen LogP contribution in [0.15, 0.2) is 0 Å². The Labute approximate surface area is 80.9 Å². The van der Waals surface area contributed by atoms with E-state index in [1.54, 1.807) is 6.92 Å². The summed E-state index contributed by atoms with van der Waals surface area (Å²) >= 11 is 0. The van der Waals surface area contributed by atoms with Gasteiger partial charge in [0.05, 0.1) is 6.10 Å². The van der Waals surface area contributed by atoms with Crippen LogP contribution in [-0.2, 0) is 0 Å². The number of aliphatic hydroxyl groups excluding tert-OH is 1. The maximum atomic E-state index is 8.97. The summed E-state index contributed by atoms with van der Waals surface area (Å²) in [6.45, 7) is 4.63. The molecule has 0 amide bonds. The fourth-order valence-corrected chi connectivity index (χ4v) is 1.44. The second-order valence-corrected chi connectivity index (χ2v) is 3.99. The molecule has 0 aromatic heterocycles. The molecule has 1 atom stereocenters. The van der Waals surface area contributed by atoms with Crippen molar-refractivity contribution in [2.24, 2.45) is 0 Å². The van der Waals surface area contributed by atoms with E-state index in [0.29, 0.717) is 6.54 Å². The fourth-order valence-electron chi connectivity index (χ4n) is 1.44. The van der Waals surface area contributed by atoms with Crippen LogP contribution in [0, 0.1) is 0 Å². The van der Waals surface area contributed by atoms with Crippen molar-refractivity contribution >= 4 is 0 Å². The van der Waals surface area contributed by atoms with Gasteiger partial charge in [0.25, 0.3) is 0 Å². The summed E-state index contributed by atoms with van der Waals surface area (Å²) < 4.78 is 0. The number of nitrogens with one attached hydrogen (secondary N) is 2. The molecular formula is C10H22N2O. The van der Waals surface area contributed by atoms with Gasteiger partial charge in [-0.1, -0.05) is 6.42 Å². The van der Waals surface area contributed by atoms with Gasteiger partial charge in [-0.2, -0.15) is 0 Å². The van der Waals surface area contributed by atoms with E-state index in [9.17, 15) is 0 Å². The van der Waals surface area contributed by atoms with E-state index in [4.69, 9.17) is 5.11 Å². The Morgan fingerprint density at radius 1 is 1.38 bits per heavy atom. The van der Waals surface area contributed by atoms with Gasteiger partial charge in [0.1, 0.15) is 0 Å². The van der Waals surface area contributed by atoms with E-state index in [-0.39, 0.29) is 6.10 Å². The average Bonchev–Trinajstić information content (AvgIpc) is 1.99. The normalized spacial score (nSPS) is 19.8. The summed E-state index contributed by atoms with van der Waals surface area (Å²) in [5, 5.41) is 15.7. The van der Waals surface area contributed by atoms with E-state index < -0.39 is 0 Å². The molecule has 78 valence electrons. The molecule has 0 bridgehead atoms. The topological polar surface area (TPSA) is 44.3 Å². The third kappa shape index (κ3) is 5.24. The lowest BCUT2D eigenvalue weighted by Crippen LogP contribution is -2.37. The molecule has 3 heteroatoms. The molecule has 0 saturated heterocycles. The van der Waals surface area contributed by atoms with E-state index in [1.807, 2.05) is 0 Å². The van der Waals surface area contributed by atoms with E-state index in [0.717, 1.165) is 25.6 Å². The molecule has 1 aliphatic rings. The van der Waals surface area contributed by atoms with E-state index >= 15 is 0 Å². The molecular weight excluding hydrogens is 164 g/mol. The van der Waals surface area contributed by atoms with Crippen molar-refractivity contribution in [3.8, 4) is 0 Å². The third-order valence-corrected chi connectivity index (χ3v) is 2.51. The molecule has 3 nitrogen and oxygen atoms in total. The van der Waals surface area contributed by atoms with Crippen LogP contribution in [0.3, 0.4) is 0 Å². The predicted molar refractivity (Wildman–Crippen MR) is 54.8 cm³/mol. The molecule has 1 unspecified atom stereocenters. The zero-order valence-corrected chi connectivity index (χ0v) is 8.55. The summed E-state index contributed by atoms with van der Waals surface area (Å²) in [5.74, 6) is 0. The van der Waals surface area contributed by atoms with Crippen LogP contribution in [0.2, 0.25) is 0 Å². The second kappa shape index (κ2) is 6.35.